The van der Waals surface area contributed by atoms with Gasteiger partial charge < -0.3 is 9.47 Å². The molecule has 1 saturated heterocycles. The number of methoxy groups -OCH3 is 1. The molecule has 1 aliphatic carbocycles. The number of sulfone groups is 1. The normalized spacial score (nSPS) is 19.0. The molecule has 4 rings (SSSR count). The second kappa shape index (κ2) is 7.76. The van der Waals surface area contributed by atoms with E-state index in [1.165, 1.54) is 24.1 Å². The minimum absolute atomic E-state index is 0.129. The van der Waals surface area contributed by atoms with Gasteiger partial charge in [0.15, 0.2) is 15.5 Å². The van der Waals surface area contributed by atoms with Crippen molar-refractivity contribution in [3.05, 3.63) is 29.7 Å². The monoisotopic (exact) mass is 417 g/mol. The first kappa shape index (κ1) is 19.9. The maximum absolute atomic E-state index is 12.9. The molecule has 0 N–H and O–H groups in total. The summed E-state index contributed by atoms with van der Waals surface area (Å²) in [5, 5.41) is 4.43. The molecule has 1 unspecified atom stereocenters. The summed E-state index contributed by atoms with van der Waals surface area (Å²) in [6.07, 6.45) is 4.98. The highest BCUT2D eigenvalue weighted by Gasteiger charge is 2.39. The van der Waals surface area contributed by atoms with E-state index in [0.29, 0.717) is 43.4 Å². The van der Waals surface area contributed by atoms with Crippen LogP contribution in [0.15, 0.2) is 23.2 Å². The number of benzene rings is 1. The van der Waals surface area contributed by atoms with E-state index in [4.69, 9.17) is 16.0 Å². The second-order valence-corrected chi connectivity index (χ2v) is 9.85. The van der Waals surface area contributed by atoms with Crippen molar-refractivity contribution in [2.24, 2.45) is 5.92 Å². The highest BCUT2D eigenvalue weighted by Crippen LogP contribution is 2.39. The van der Waals surface area contributed by atoms with Crippen LogP contribution in [0.4, 0.5) is 5.69 Å². The fourth-order valence-corrected chi connectivity index (χ4v) is 5.80. The number of aromatic nitrogens is 2. The Morgan fingerprint density at radius 1 is 1.34 bits per heavy atom. The van der Waals surface area contributed by atoms with Gasteiger partial charge in [-0.05, 0) is 50.2 Å². The molecule has 2 fully saturated rings. The van der Waals surface area contributed by atoms with E-state index in [1.807, 2.05) is 0 Å². The van der Waals surface area contributed by atoms with E-state index in [1.54, 1.807) is 6.07 Å². The van der Waals surface area contributed by atoms with Gasteiger partial charge in [-0.15, -0.1) is 0 Å². The standard InChI is InChI=1S/C20H23N3O5S/c1-21-14-10-17-16(19(11-14)29(25,26)15-3-4-15)12-22-23(17)18(20(24)27-2)9-13-5-7-28-8-6-13/h10-13,15,18H,3-9H2,2H3. The van der Waals surface area contributed by atoms with Gasteiger partial charge in [-0.25, -0.2) is 18.1 Å². The smallest absolute Gasteiger partial charge is 0.330 e. The summed E-state index contributed by atoms with van der Waals surface area (Å²) in [6.45, 7) is 8.71. The SMILES string of the molecule is [C-]#[N+]c1cc(S(=O)(=O)C2CC2)c2cnn(C(CC3CCOCC3)C(=O)OC)c2c1. The molecule has 1 aromatic heterocycles. The van der Waals surface area contributed by atoms with Crippen LogP contribution in [0.5, 0.6) is 0 Å². The Labute approximate surface area is 169 Å². The summed E-state index contributed by atoms with van der Waals surface area (Å²) < 4.78 is 37.8. The Morgan fingerprint density at radius 3 is 2.69 bits per heavy atom. The maximum Gasteiger partial charge on any atom is 0.330 e. The number of ether oxygens (including phenoxy) is 2. The molecule has 1 aromatic carbocycles. The first-order chi connectivity index (χ1) is 14.0. The molecule has 2 aromatic rings. The number of esters is 1. The second-order valence-electron chi connectivity index (χ2n) is 7.65. The lowest BCUT2D eigenvalue weighted by molar-refractivity contribution is -0.145. The van der Waals surface area contributed by atoms with Crippen LogP contribution >= 0.6 is 0 Å². The molecular formula is C20H23N3O5S. The van der Waals surface area contributed by atoms with Gasteiger partial charge in [-0.2, -0.15) is 5.10 Å². The molecule has 2 heterocycles. The average molecular weight is 417 g/mol. The van der Waals surface area contributed by atoms with Crippen LogP contribution in [0.25, 0.3) is 15.7 Å². The van der Waals surface area contributed by atoms with Crippen molar-refractivity contribution in [3.63, 3.8) is 0 Å². The lowest BCUT2D eigenvalue weighted by Crippen LogP contribution is -2.27. The summed E-state index contributed by atoms with van der Waals surface area (Å²) in [5.74, 6) is -0.146. The Morgan fingerprint density at radius 2 is 2.07 bits per heavy atom. The van der Waals surface area contributed by atoms with Crippen molar-refractivity contribution in [1.82, 2.24) is 9.78 Å². The molecule has 1 atom stereocenters. The third-order valence-electron chi connectivity index (χ3n) is 5.73. The van der Waals surface area contributed by atoms with Crippen molar-refractivity contribution < 1.29 is 22.7 Å². The first-order valence-corrected chi connectivity index (χ1v) is 11.3. The van der Waals surface area contributed by atoms with Crippen LogP contribution in [0.1, 0.15) is 38.1 Å². The molecule has 0 spiro atoms. The molecule has 0 bridgehead atoms. The van der Waals surface area contributed by atoms with Crippen molar-refractivity contribution in [2.45, 2.75) is 48.3 Å². The van der Waals surface area contributed by atoms with Gasteiger partial charge in [-0.1, -0.05) is 0 Å². The van der Waals surface area contributed by atoms with Crippen molar-refractivity contribution >= 4 is 32.4 Å². The third kappa shape index (κ3) is 3.74. The zero-order valence-electron chi connectivity index (χ0n) is 16.2. The largest absolute Gasteiger partial charge is 0.467 e. The van der Waals surface area contributed by atoms with Gasteiger partial charge in [0, 0.05) is 18.6 Å². The molecule has 8 nitrogen and oxygen atoms in total. The number of nitrogens with zero attached hydrogens (tertiary/aromatic N) is 3. The van der Waals surface area contributed by atoms with Gasteiger partial charge in [0.2, 0.25) is 0 Å². The van der Waals surface area contributed by atoms with Crippen LogP contribution in [-0.2, 0) is 24.1 Å². The molecule has 154 valence electrons. The number of carbonyl (C=O) groups is 1. The number of hydrogen-bond donors (Lipinski definition) is 0. The van der Waals surface area contributed by atoms with E-state index in [2.05, 4.69) is 9.94 Å². The maximum atomic E-state index is 12.9. The summed E-state index contributed by atoms with van der Waals surface area (Å²) in [5.41, 5.74) is 0.688. The number of carbonyl (C=O) groups excluding carboxylic acids is 1. The van der Waals surface area contributed by atoms with Crippen molar-refractivity contribution in [3.8, 4) is 0 Å². The zero-order valence-corrected chi connectivity index (χ0v) is 17.0. The Kier molecular flexibility index (Phi) is 5.32. The van der Waals surface area contributed by atoms with E-state index in [0.717, 1.165) is 12.8 Å². The van der Waals surface area contributed by atoms with Crippen LogP contribution in [-0.4, -0.2) is 49.7 Å². The highest BCUT2D eigenvalue weighted by molar-refractivity contribution is 7.92. The molecular weight excluding hydrogens is 394 g/mol. The van der Waals surface area contributed by atoms with Crippen LogP contribution in [0.2, 0.25) is 0 Å². The highest BCUT2D eigenvalue weighted by atomic mass is 32.2. The zero-order chi connectivity index (χ0) is 20.6. The molecule has 1 aliphatic heterocycles. The van der Waals surface area contributed by atoms with Gasteiger partial charge in [0.1, 0.15) is 6.04 Å². The molecule has 29 heavy (non-hydrogen) atoms. The summed E-state index contributed by atoms with van der Waals surface area (Å²) >= 11 is 0. The Balaban J connectivity index is 1.81. The molecule has 9 heteroatoms. The minimum Gasteiger partial charge on any atom is -0.467 e. The van der Waals surface area contributed by atoms with Crippen LogP contribution in [0, 0.1) is 12.5 Å². The summed E-state index contributed by atoms with van der Waals surface area (Å²) in [6, 6.07) is 2.33. The topological polar surface area (TPSA) is 91.9 Å². The fourth-order valence-electron chi connectivity index (χ4n) is 3.94. The third-order valence-corrected chi connectivity index (χ3v) is 8.03. The van der Waals surface area contributed by atoms with Crippen LogP contribution < -0.4 is 0 Å². The lowest BCUT2D eigenvalue weighted by Gasteiger charge is -2.26. The van der Waals surface area contributed by atoms with Crippen LogP contribution in [0.3, 0.4) is 0 Å². The van der Waals surface area contributed by atoms with Gasteiger partial charge in [0.05, 0.1) is 35.5 Å². The average Bonchev–Trinajstić information content (AvgIpc) is 3.52. The van der Waals surface area contributed by atoms with Crippen molar-refractivity contribution in [1.29, 1.82) is 0 Å². The summed E-state index contributed by atoms with van der Waals surface area (Å²) in [4.78, 5) is 16.2. The number of fused-ring (bicyclic) bond motifs is 1. The first-order valence-electron chi connectivity index (χ1n) is 9.74. The molecule has 2 aliphatic rings. The predicted octanol–water partition coefficient (Wildman–Crippen LogP) is 3.05. The molecule has 0 radical (unpaired) electrons. The molecule has 0 amide bonds. The van der Waals surface area contributed by atoms with Gasteiger partial charge in [0.25, 0.3) is 0 Å². The van der Waals surface area contributed by atoms with Gasteiger partial charge >= 0.3 is 5.97 Å². The van der Waals surface area contributed by atoms with E-state index in [9.17, 15) is 13.2 Å². The van der Waals surface area contributed by atoms with E-state index < -0.39 is 27.1 Å². The quantitative estimate of drug-likeness (QED) is 0.530. The lowest BCUT2D eigenvalue weighted by atomic mass is 9.92. The van der Waals surface area contributed by atoms with E-state index >= 15 is 0 Å². The van der Waals surface area contributed by atoms with E-state index in [-0.39, 0.29) is 16.5 Å². The Hall–Kier alpha value is -2.44. The molecule has 1 saturated carbocycles. The minimum atomic E-state index is -3.52. The number of hydrogen-bond acceptors (Lipinski definition) is 6. The predicted molar refractivity (Wildman–Crippen MR) is 105 cm³/mol. The Bertz CT molecular complexity index is 1080. The summed E-state index contributed by atoms with van der Waals surface area (Å²) in [7, 11) is -2.19. The fraction of sp³-hybridized carbons (Fsp3) is 0.550. The van der Waals surface area contributed by atoms with Crippen molar-refractivity contribution in [2.75, 3.05) is 20.3 Å². The van der Waals surface area contributed by atoms with Gasteiger partial charge in [-0.3, -0.25) is 4.68 Å². The number of rotatable bonds is 6.